The minimum Gasteiger partial charge on any atom is -0.504 e. The van der Waals surface area contributed by atoms with Crippen molar-refractivity contribution < 1.29 is 28.9 Å². The monoisotopic (exact) mass is 588 g/mol. The Hall–Kier alpha value is -4.97. The van der Waals surface area contributed by atoms with Crippen LogP contribution in [0.25, 0.3) is 16.8 Å². The molecule has 0 aliphatic carbocycles. The molecule has 1 aromatic heterocycles. The van der Waals surface area contributed by atoms with Crippen molar-refractivity contribution in [3.8, 4) is 39.8 Å². The average Bonchev–Trinajstić information content (AvgIpc) is 3.02. The standard InChI is InChI=1S/C30H28N4O7S/c1-39-21-9-4-18(5-10-21)23-17-27(37)33(20-7-11-22(40-2)12-8-20)31-28(23)29(38)32-34-26(36)14-15-42-30(34)19-6-13-25(41-3)24(35)16-19/h4-13,16-17,30,35H,14-15H2,1-3H3,(H,32,38). The van der Waals surface area contributed by atoms with Crippen LogP contribution < -0.4 is 25.2 Å². The second-order valence-corrected chi connectivity index (χ2v) is 10.4. The van der Waals surface area contributed by atoms with Gasteiger partial charge in [-0.15, -0.1) is 11.8 Å². The molecule has 1 saturated heterocycles. The zero-order chi connectivity index (χ0) is 29.8. The summed E-state index contributed by atoms with van der Waals surface area (Å²) in [4.78, 5) is 40.2. The summed E-state index contributed by atoms with van der Waals surface area (Å²) in [5.74, 6) is 0.923. The van der Waals surface area contributed by atoms with E-state index in [0.29, 0.717) is 34.1 Å². The molecule has 5 rings (SSSR count). The number of carbonyl (C=O) groups excluding carboxylic acids is 2. The maximum atomic E-state index is 13.9. The Morgan fingerprint density at radius 1 is 0.929 bits per heavy atom. The summed E-state index contributed by atoms with van der Waals surface area (Å²) in [6.07, 6.45) is 0.202. The molecule has 216 valence electrons. The Bertz CT molecular complexity index is 1670. The number of hydrogen-bond donors (Lipinski definition) is 2. The largest absolute Gasteiger partial charge is 0.504 e. The number of methoxy groups -OCH3 is 3. The molecule has 3 aromatic carbocycles. The van der Waals surface area contributed by atoms with E-state index < -0.39 is 16.8 Å². The van der Waals surface area contributed by atoms with Crippen molar-refractivity contribution in [1.29, 1.82) is 0 Å². The van der Waals surface area contributed by atoms with Gasteiger partial charge in [-0.1, -0.05) is 18.2 Å². The van der Waals surface area contributed by atoms with Gasteiger partial charge in [-0.2, -0.15) is 9.78 Å². The average molecular weight is 589 g/mol. The van der Waals surface area contributed by atoms with Crippen LogP contribution in [0.1, 0.15) is 27.8 Å². The van der Waals surface area contributed by atoms with E-state index in [2.05, 4.69) is 10.5 Å². The van der Waals surface area contributed by atoms with Crippen LogP contribution in [-0.2, 0) is 4.79 Å². The van der Waals surface area contributed by atoms with Gasteiger partial charge in [-0.05, 0) is 59.7 Å². The van der Waals surface area contributed by atoms with E-state index in [0.717, 1.165) is 4.68 Å². The van der Waals surface area contributed by atoms with Gasteiger partial charge in [0, 0.05) is 23.8 Å². The lowest BCUT2D eigenvalue weighted by Gasteiger charge is -2.35. The molecule has 2 heterocycles. The summed E-state index contributed by atoms with van der Waals surface area (Å²) in [6, 6.07) is 19.7. The summed E-state index contributed by atoms with van der Waals surface area (Å²) in [6.45, 7) is 0. The van der Waals surface area contributed by atoms with Crippen molar-refractivity contribution in [3.63, 3.8) is 0 Å². The number of carbonyl (C=O) groups is 2. The molecule has 0 saturated carbocycles. The van der Waals surface area contributed by atoms with E-state index in [9.17, 15) is 19.5 Å². The van der Waals surface area contributed by atoms with E-state index in [-0.39, 0.29) is 35.1 Å². The van der Waals surface area contributed by atoms with Crippen molar-refractivity contribution in [2.45, 2.75) is 11.8 Å². The maximum absolute atomic E-state index is 13.9. The molecule has 42 heavy (non-hydrogen) atoms. The molecule has 1 aliphatic heterocycles. The predicted molar refractivity (Wildman–Crippen MR) is 157 cm³/mol. The molecule has 2 amide bonds. The van der Waals surface area contributed by atoms with Crippen LogP contribution in [0.2, 0.25) is 0 Å². The number of ether oxygens (including phenoxy) is 3. The van der Waals surface area contributed by atoms with Crippen molar-refractivity contribution in [3.05, 3.63) is 94.4 Å². The number of aromatic hydroxyl groups is 1. The Morgan fingerprint density at radius 3 is 2.21 bits per heavy atom. The fraction of sp³-hybridized carbons (Fsp3) is 0.200. The van der Waals surface area contributed by atoms with Gasteiger partial charge in [0.25, 0.3) is 11.5 Å². The summed E-state index contributed by atoms with van der Waals surface area (Å²) in [5.41, 5.74) is 4.04. The Kier molecular flexibility index (Phi) is 8.34. The molecular weight excluding hydrogens is 560 g/mol. The predicted octanol–water partition coefficient (Wildman–Crippen LogP) is 3.94. The van der Waals surface area contributed by atoms with Crippen molar-refractivity contribution in [1.82, 2.24) is 20.2 Å². The van der Waals surface area contributed by atoms with Crippen LogP contribution in [0.4, 0.5) is 0 Å². The van der Waals surface area contributed by atoms with Crippen molar-refractivity contribution >= 4 is 23.6 Å². The third kappa shape index (κ3) is 5.75. The molecule has 12 heteroatoms. The number of nitrogens with one attached hydrogen (secondary N) is 1. The van der Waals surface area contributed by atoms with Gasteiger partial charge in [0.2, 0.25) is 5.91 Å². The highest BCUT2D eigenvalue weighted by molar-refractivity contribution is 7.99. The topological polar surface area (TPSA) is 132 Å². The van der Waals surface area contributed by atoms with Gasteiger partial charge in [0.15, 0.2) is 17.2 Å². The molecule has 1 unspecified atom stereocenters. The fourth-order valence-corrected chi connectivity index (χ4v) is 5.67. The summed E-state index contributed by atoms with van der Waals surface area (Å²) < 4.78 is 16.7. The molecule has 11 nitrogen and oxygen atoms in total. The summed E-state index contributed by atoms with van der Waals surface area (Å²) in [7, 11) is 4.52. The highest BCUT2D eigenvalue weighted by Gasteiger charge is 2.33. The van der Waals surface area contributed by atoms with Crippen LogP contribution in [0.3, 0.4) is 0 Å². The number of phenolic OH excluding ortho intramolecular Hbond substituents is 1. The number of thioether (sulfide) groups is 1. The van der Waals surface area contributed by atoms with Gasteiger partial charge >= 0.3 is 0 Å². The first-order valence-electron chi connectivity index (χ1n) is 12.9. The third-order valence-electron chi connectivity index (χ3n) is 6.67. The lowest BCUT2D eigenvalue weighted by Crippen LogP contribution is -2.50. The number of aromatic nitrogens is 2. The Morgan fingerprint density at radius 2 is 1.60 bits per heavy atom. The van der Waals surface area contributed by atoms with Crippen molar-refractivity contribution in [2.75, 3.05) is 27.1 Å². The van der Waals surface area contributed by atoms with Crippen LogP contribution in [-0.4, -0.2) is 58.8 Å². The number of phenols is 1. The van der Waals surface area contributed by atoms with E-state index in [1.807, 2.05) is 0 Å². The first-order chi connectivity index (χ1) is 20.3. The maximum Gasteiger partial charge on any atom is 0.291 e. The zero-order valence-electron chi connectivity index (χ0n) is 23.1. The number of rotatable bonds is 8. The fourth-order valence-electron chi connectivity index (χ4n) is 4.50. The molecular formula is C30H28N4O7S. The number of nitrogens with zero attached hydrogens (tertiary/aromatic N) is 3. The molecule has 4 aromatic rings. The number of hydrazine groups is 1. The molecule has 0 bridgehead atoms. The van der Waals surface area contributed by atoms with Gasteiger partial charge < -0.3 is 19.3 Å². The Labute approximate surface area is 245 Å². The first kappa shape index (κ1) is 28.6. The van der Waals surface area contributed by atoms with Gasteiger partial charge in [0.1, 0.15) is 16.9 Å². The lowest BCUT2D eigenvalue weighted by molar-refractivity contribution is -0.134. The second-order valence-electron chi connectivity index (χ2n) is 9.19. The normalized spacial score (nSPS) is 14.8. The number of hydrogen-bond acceptors (Lipinski definition) is 9. The first-order valence-corrected chi connectivity index (χ1v) is 13.9. The third-order valence-corrected chi connectivity index (χ3v) is 7.91. The smallest absolute Gasteiger partial charge is 0.291 e. The molecule has 0 radical (unpaired) electrons. The second kappa shape index (κ2) is 12.3. The highest BCUT2D eigenvalue weighted by atomic mass is 32.2. The highest BCUT2D eigenvalue weighted by Crippen LogP contribution is 2.39. The van der Waals surface area contributed by atoms with Gasteiger partial charge in [-0.3, -0.25) is 19.8 Å². The summed E-state index contributed by atoms with van der Waals surface area (Å²) >= 11 is 1.44. The molecule has 0 spiro atoms. The van der Waals surface area contributed by atoms with Crippen LogP contribution in [0.5, 0.6) is 23.0 Å². The number of benzene rings is 3. The summed E-state index contributed by atoms with van der Waals surface area (Å²) in [5, 5.41) is 15.4. The molecule has 1 fully saturated rings. The molecule has 1 aliphatic rings. The van der Waals surface area contributed by atoms with E-state index in [1.54, 1.807) is 60.7 Å². The molecule has 1 atom stereocenters. The SMILES string of the molecule is COc1ccc(-c2cc(=O)n(-c3ccc(OC)cc3)nc2C(=O)NN2C(=O)CCSC2c2ccc(OC)c(O)c2)cc1. The minimum atomic E-state index is -0.693. The molecule has 2 N–H and O–H groups in total. The van der Waals surface area contributed by atoms with Gasteiger partial charge in [-0.25, -0.2) is 5.01 Å². The Balaban J connectivity index is 1.56. The minimum absolute atomic E-state index is 0.0738. The zero-order valence-corrected chi connectivity index (χ0v) is 23.9. The van der Waals surface area contributed by atoms with Crippen LogP contribution in [0, 0.1) is 0 Å². The van der Waals surface area contributed by atoms with E-state index >= 15 is 0 Å². The lowest BCUT2D eigenvalue weighted by atomic mass is 10.0. The quantitative estimate of drug-likeness (QED) is 0.314. The van der Waals surface area contributed by atoms with Crippen molar-refractivity contribution in [2.24, 2.45) is 0 Å². The van der Waals surface area contributed by atoms with Gasteiger partial charge in [0.05, 0.1) is 27.0 Å². The van der Waals surface area contributed by atoms with E-state index in [1.165, 1.54) is 50.2 Å². The van der Waals surface area contributed by atoms with E-state index in [4.69, 9.17) is 14.2 Å². The van der Waals surface area contributed by atoms with Crippen LogP contribution >= 0.6 is 11.8 Å². The number of amides is 2. The van der Waals surface area contributed by atoms with Crippen LogP contribution in [0.15, 0.2) is 77.6 Å².